The number of nitro groups is 1. The standard InChI is InChI=1S/C12H12FNO4/c13-8-5-6-11(14(16)17)10(7-8)12(15)18-9-3-1-2-4-9/h5-7,9H,1-4H2. The first-order valence-corrected chi connectivity index (χ1v) is 5.73. The Kier molecular flexibility index (Phi) is 3.55. The summed E-state index contributed by atoms with van der Waals surface area (Å²) in [6, 6.07) is 2.76. The number of rotatable bonds is 3. The summed E-state index contributed by atoms with van der Waals surface area (Å²) in [5.74, 6) is -1.52. The smallest absolute Gasteiger partial charge is 0.345 e. The molecule has 96 valence electrons. The molecule has 18 heavy (non-hydrogen) atoms. The van der Waals surface area contributed by atoms with Crippen molar-refractivity contribution in [3.8, 4) is 0 Å². The third-order valence-electron chi connectivity index (χ3n) is 2.95. The Morgan fingerprint density at radius 1 is 1.39 bits per heavy atom. The maximum Gasteiger partial charge on any atom is 0.345 e. The monoisotopic (exact) mass is 253 g/mol. The third-order valence-corrected chi connectivity index (χ3v) is 2.95. The molecule has 5 nitrogen and oxygen atoms in total. The molecule has 1 aromatic rings. The van der Waals surface area contributed by atoms with Crippen LogP contribution in [0.15, 0.2) is 18.2 Å². The van der Waals surface area contributed by atoms with E-state index in [2.05, 4.69) is 0 Å². The Morgan fingerprint density at radius 2 is 2.06 bits per heavy atom. The minimum Gasteiger partial charge on any atom is -0.459 e. The van der Waals surface area contributed by atoms with Gasteiger partial charge in [0.25, 0.3) is 5.69 Å². The Balaban J connectivity index is 2.22. The average Bonchev–Trinajstić information content (AvgIpc) is 2.81. The van der Waals surface area contributed by atoms with Gasteiger partial charge in [0.05, 0.1) is 4.92 Å². The highest BCUT2D eigenvalue weighted by atomic mass is 19.1. The van der Waals surface area contributed by atoms with Gasteiger partial charge in [0.2, 0.25) is 0 Å². The third kappa shape index (κ3) is 2.64. The molecule has 0 heterocycles. The van der Waals surface area contributed by atoms with Crippen molar-refractivity contribution in [1.29, 1.82) is 0 Å². The van der Waals surface area contributed by atoms with Crippen LogP contribution in [0.25, 0.3) is 0 Å². The van der Waals surface area contributed by atoms with Gasteiger partial charge in [-0.3, -0.25) is 10.1 Å². The molecule has 1 aromatic carbocycles. The zero-order chi connectivity index (χ0) is 13.1. The van der Waals surface area contributed by atoms with Crippen molar-refractivity contribution in [3.05, 3.63) is 39.7 Å². The second-order valence-electron chi connectivity index (χ2n) is 4.23. The molecule has 0 unspecified atom stereocenters. The second-order valence-corrected chi connectivity index (χ2v) is 4.23. The topological polar surface area (TPSA) is 69.4 Å². The van der Waals surface area contributed by atoms with Crippen molar-refractivity contribution in [2.24, 2.45) is 0 Å². The Morgan fingerprint density at radius 3 is 2.67 bits per heavy atom. The lowest BCUT2D eigenvalue weighted by atomic mass is 10.1. The van der Waals surface area contributed by atoms with E-state index in [1.54, 1.807) is 0 Å². The number of hydrogen-bond donors (Lipinski definition) is 0. The second kappa shape index (κ2) is 5.12. The summed E-state index contributed by atoms with van der Waals surface area (Å²) in [6.45, 7) is 0. The predicted molar refractivity (Wildman–Crippen MR) is 60.7 cm³/mol. The number of benzene rings is 1. The van der Waals surface area contributed by atoms with E-state index in [1.807, 2.05) is 0 Å². The molecule has 6 heteroatoms. The van der Waals surface area contributed by atoms with E-state index in [0.29, 0.717) is 0 Å². The van der Waals surface area contributed by atoms with E-state index in [-0.39, 0.29) is 11.7 Å². The Labute approximate surface area is 103 Å². The summed E-state index contributed by atoms with van der Waals surface area (Å²) >= 11 is 0. The van der Waals surface area contributed by atoms with Gasteiger partial charge in [-0.2, -0.15) is 0 Å². The number of hydrogen-bond acceptors (Lipinski definition) is 4. The maximum atomic E-state index is 13.1. The molecule has 1 aliphatic carbocycles. The summed E-state index contributed by atoms with van der Waals surface area (Å²) in [5, 5.41) is 10.8. The number of nitro benzene ring substituents is 1. The number of ether oxygens (including phenoxy) is 1. The first kappa shape index (κ1) is 12.5. The number of carbonyl (C=O) groups is 1. The van der Waals surface area contributed by atoms with Gasteiger partial charge in [0, 0.05) is 6.07 Å². The van der Waals surface area contributed by atoms with Crippen LogP contribution in [0.4, 0.5) is 10.1 Å². The van der Waals surface area contributed by atoms with E-state index >= 15 is 0 Å². The molecule has 0 N–H and O–H groups in total. The molecule has 0 aromatic heterocycles. The quantitative estimate of drug-likeness (QED) is 0.472. The van der Waals surface area contributed by atoms with Crippen molar-refractivity contribution in [2.75, 3.05) is 0 Å². The van der Waals surface area contributed by atoms with Crippen LogP contribution >= 0.6 is 0 Å². The largest absolute Gasteiger partial charge is 0.459 e. The fourth-order valence-electron chi connectivity index (χ4n) is 2.05. The fraction of sp³-hybridized carbons (Fsp3) is 0.417. The van der Waals surface area contributed by atoms with Crippen LogP contribution < -0.4 is 0 Å². The first-order chi connectivity index (χ1) is 8.58. The summed E-state index contributed by atoms with van der Waals surface area (Å²) in [6.07, 6.45) is 3.26. The van der Waals surface area contributed by atoms with Crippen LogP contribution in [-0.4, -0.2) is 17.0 Å². The van der Waals surface area contributed by atoms with E-state index in [0.717, 1.165) is 43.9 Å². The molecule has 0 atom stereocenters. The van der Waals surface area contributed by atoms with Gasteiger partial charge in [0.1, 0.15) is 17.5 Å². The van der Waals surface area contributed by atoms with Gasteiger partial charge in [-0.1, -0.05) is 0 Å². The minimum absolute atomic E-state index is 0.208. The molecular weight excluding hydrogens is 241 g/mol. The van der Waals surface area contributed by atoms with Crippen LogP contribution in [0.5, 0.6) is 0 Å². The van der Waals surface area contributed by atoms with Crippen molar-refractivity contribution >= 4 is 11.7 Å². The Bertz CT molecular complexity index is 483. The lowest BCUT2D eigenvalue weighted by molar-refractivity contribution is -0.385. The molecule has 0 saturated heterocycles. The van der Waals surface area contributed by atoms with Gasteiger partial charge < -0.3 is 4.74 Å². The number of halogens is 1. The van der Waals surface area contributed by atoms with Crippen LogP contribution in [0.2, 0.25) is 0 Å². The van der Waals surface area contributed by atoms with Crippen LogP contribution in [0, 0.1) is 15.9 Å². The Hall–Kier alpha value is -1.98. The molecule has 0 spiro atoms. The number of esters is 1. The van der Waals surface area contributed by atoms with Gasteiger partial charge in [-0.05, 0) is 37.8 Å². The average molecular weight is 253 g/mol. The van der Waals surface area contributed by atoms with E-state index in [9.17, 15) is 19.3 Å². The SMILES string of the molecule is O=C(OC1CCCC1)c1cc(F)ccc1[N+](=O)[O-]. The van der Waals surface area contributed by atoms with E-state index in [1.165, 1.54) is 0 Å². The summed E-state index contributed by atoms with van der Waals surface area (Å²) in [4.78, 5) is 21.8. The molecule has 1 aliphatic rings. The van der Waals surface area contributed by atoms with Crippen molar-refractivity contribution in [1.82, 2.24) is 0 Å². The summed E-state index contributed by atoms with van der Waals surface area (Å²) < 4.78 is 18.2. The first-order valence-electron chi connectivity index (χ1n) is 5.73. The fourth-order valence-corrected chi connectivity index (χ4v) is 2.05. The predicted octanol–water partition coefficient (Wildman–Crippen LogP) is 2.83. The van der Waals surface area contributed by atoms with Crippen LogP contribution in [0.1, 0.15) is 36.0 Å². The molecule has 1 saturated carbocycles. The molecular formula is C12H12FNO4. The van der Waals surface area contributed by atoms with Gasteiger partial charge in [0.15, 0.2) is 0 Å². The van der Waals surface area contributed by atoms with Crippen LogP contribution in [-0.2, 0) is 4.74 Å². The summed E-state index contributed by atoms with van der Waals surface area (Å²) in [7, 11) is 0. The number of nitrogens with zero attached hydrogens (tertiary/aromatic N) is 1. The van der Waals surface area contributed by atoms with Crippen molar-refractivity contribution in [2.45, 2.75) is 31.8 Å². The van der Waals surface area contributed by atoms with Gasteiger partial charge >= 0.3 is 5.97 Å². The van der Waals surface area contributed by atoms with Crippen LogP contribution in [0.3, 0.4) is 0 Å². The zero-order valence-electron chi connectivity index (χ0n) is 9.60. The highest BCUT2D eigenvalue weighted by Crippen LogP contribution is 2.25. The normalized spacial score (nSPS) is 15.6. The van der Waals surface area contributed by atoms with Crippen molar-refractivity contribution in [3.63, 3.8) is 0 Å². The van der Waals surface area contributed by atoms with E-state index < -0.39 is 22.4 Å². The maximum absolute atomic E-state index is 13.1. The zero-order valence-corrected chi connectivity index (χ0v) is 9.60. The number of carbonyl (C=O) groups excluding carboxylic acids is 1. The highest BCUT2D eigenvalue weighted by Gasteiger charge is 2.26. The van der Waals surface area contributed by atoms with E-state index in [4.69, 9.17) is 4.74 Å². The van der Waals surface area contributed by atoms with Crippen molar-refractivity contribution < 1.29 is 18.8 Å². The molecule has 0 aliphatic heterocycles. The lowest BCUT2D eigenvalue weighted by Crippen LogP contribution is -2.16. The molecule has 2 rings (SSSR count). The highest BCUT2D eigenvalue weighted by molar-refractivity contribution is 5.94. The molecule has 0 radical (unpaired) electrons. The summed E-state index contributed by atoms with van der Waals surface area (Å²) in [5.41, 5.74) is -0.758. The molecule has 0 amide bonds. The van der Waals surface area contributed by atoms with Gasteiger partial charge in [-0.15, -0.1) is 0 Å². The lowest BCUT2D eigenvalue weighted by Gasteiger charge is -2.11. The molecule has 1 fully saturated rings. The van der Waals surface area contributed by atoms with Gasteiger partial charge in [-0.25, -0.2) is 9.18 Å². The molecule has 0 bridgehead atoms. The minimum atomic E-state index is -0.826.